The molecule has 2 N–H and O–H groups in total. The number of nitrogens with zero attached hydrogens (tertiary/aromatic N) is 2. The molecule has 4 rings (SSSR count). The van der Waals surface area contributed by atoms with Crippen molar-refractivity contribution in [3.8, 4) is 0 Å². The molecule has 0 bridgehead atoms. The summed E-state index contributed by atoms with van der Waals surface area (Å²) in [5.74, 6) is -0.698. The number of urea groups is 1. The van der Waals surface area contributed by atoms with Crippen LogP contribution in [0.4, 0.5) is 4.79 Å². The Bertz CT molecular complexity index is 787. The number of hydrogen-bond acceptors (Lipinski definition) is 4. The van der Waals surface area contributed by atoms with Gasteiger partial charge in [-0.3, -0.25) is 14.5 Å². The van der Waals surface area contributed by atoms with Crippen molar-refractivity contribution in [2.45, 2.75) is 56.2 Å². The second-order valence-corrected chi connectivity index (χ2v) is 7.84. The SMILES string of the molecule is CN1C(=O)N(CC(=O)NC2c3ccccc3CC2O)C(=O)C12CCCCC2. The molecular formula is C20H25N3O4. The zero-order chi connectivity index (χ0) is 19.2. The third-order valence-electron chi connectivity index (χ3n) is 6.31. The highest BCUT2D eigenvalue weighted by Crippen LogP contribution is 2.39. The molecule has 1 heterocycles. The second kappa shape index (κ2) is 6.64. The summed E-state index contributed by atoms with van der Waals surface area (Å²) in [6.07, 6.45) is 3.97. The largest absolute Gasteiger partial charge is 0.390 e. The first-order valence-corrected chi connectivity index (χ1v) is 9.59. The van der Waals surface area contributed by atoms with Crippen LogP contribution in [0.25, 0.3) is 0 Å². The van der Waals surface area contributed by atoms with E-state index >= 15 is 0 Å². The van der Waals surface area contributed by atoms with Gasteiger partial charge in [0.25, 0.3) is 5.91 Å². The van der Waals surface area contributed by atoms with E-state index in [1.165, 1.54) is 4.90 Å². The lowest BCUT2D eigenvalue weighted by atomic mass is 9.81. The molecule has 4 amide bonds. The number of benzene rings is 1. The van der Waals surface area contributed by atoms with Crippen molar-refractivity contribution in [1.29, 1.82) is 0 Å². The maximum Gasteiger partial charge on any atom is 0.327 e. The first-order chi connectivity index (χ1) is 12.9. The van der Waals surface area contributed by atoms with Crippen LogP contribution in [0.2, 0.25) is 0 Å². The number of aliphatic hydroxyl groups is 1. The Kier molecular flexibility index (Phi) is 4.42. The van der Waals surface area contributed by atoms with Crippen LogP contribution in [0, 0.1) is 0 Å². The average molecular weight is 371 g/mol. The van der Waals surface area contributed by atoms with Crippen molar-refractivity contribution in [3.05, 3.63) is 35.4 Å². The van der Waals surface area contributed by atoms with Crippen molar-refractivity contribution in [2.24, 2.45) is 0 Å². The second-order valence-electron chi connectivity index (χ2n) is 7.84. The Morgan fingerprint density at radius 2 is 1.93 bits per heavy atom. The lowest BCUT2D eigenvalue weighted by Gasteiger charge is -2.35. The smallest absolute Gasteiger partial charge is 0.327 e. The minimum absolute atomic E-state index is 0.266. The molecule has 2 fully saturated rings. The fourth-order valence-corrected chi connectivity index (χ4v) is 4.78. The van der Waals surface area contributed by atoms with Crippen molar-refractivity contribution < 1.29 is 19.5 Å². The number of likely N-dealkylation sites (N-methyl/N-ethyl adjacent to an activating group) is 1. The molecule has 3 aliphatic rings. The number of hydrogen-bond donors (Lipinski definition) is 2. The fraction of sp³-hybridized carbons (Fsp3) is 0.550. The van der Waals surface area contributed by atoms with Crippen molar-refractivity contribution in [3.63, 3.8) is 0 Å². The summed E-state index contributed by atoms with van der Waals surface area (Å²) in [4.78, 5) is 40.8. The van der Waals surface area contributed by atoms with E-state index in [1.807, 2.05) is 24.3 Å². The fourth-order valence-electron chi connectivity index (χ4n) is 4.78. The molecule has 27 heavy (non-hydrogen) atoms. The van der Waals surface area contributed by atoms with Gasteiger partial charge in [0.1, 0.15) is 12.1 Å². The first kappa shape index (κ1) is 18.0. The lowest BCUT2D eigenvalue weighted by molar-refractivity contribution is -0.137. The molecule has 1 saturated heterocycles. The van der Waals surface area contributed by atoms with Crippen LogP contribution in [0.15, 0.2) is 24.3 Å². The van der Waals surface area contributed by atoms with E-state index in [2.05, 4.69) is 5.32 Å². The third-order valence-corrected chi connectivity index (χ3v) is 6.31. The van der Waals surface area contributed by atoms with Gasteiger partial charge in [-0.05, 0) is 24.0 Å². The van der Waals surface area contributed by atoms with Gasteiger partial charge in [0.05, 0.1) is 12.1 Å². The van der Waals surface area contributed by atoms with Crippen molar-refractivity contribution >= 4 is 17.8 Å². The van der Waals surface area contributed by atoms with Crippen LogP contribution < -0.4 is 5.32 Å². The Hall–Kier alpha value is -2.41. The maximum atomic E-state index is 13.0. The molecule has 7 heteroatoms. The quantitative estimate of drug-likeness (QED) is 0.785. The number of carbonyl (C=O) groups excluding carboxylic acids is 3. The van der Waals surface area contributed by atoms with E-state index in [0.717, 1.165) is 35.3 Å². The summed E-state index contributed by atoms with van der Waals surface area (Å²) < 4.78 is 0. The van der Waals surface area contributed by atoms with Gasteiger partial charge in [0, 0.05) is 13.5 Å². The van der Waals surface area contributed by atoms with Crippen LogP contribution in [-0.2, 0) is 16.0 Å². The van der Waals surface area contributed by atoms with E-state index in [0.29, 0.717) is 19.3 Å². The summed E-state index contributed by atoms with van der Waals surface area (Å²) in [6, 6.07) is 6.66. The van der Waals surface area contributed by atoms with Gasteiger partial charge in [-0.15, -0.1) is 0 Å². The number of nitrogens with one attached hydrogen (secondary N) is 1. The molecule has 2 aliphatic carbocycles. The topological polar surface area (TPSA) is 90.0 Å². The minimum atomic E-state index is -0.783. The number of rotatable bonds is 3. The van der Waals surface area contributed by atoms with Gasteiger partial charge >= 0.3 is 6.03 Å². The van der Waals surface area contributed by atoms with Gasteiger partial charge in [-0.1, -0.05) is 43.5 Å². The molecule has 144 valence electrons. The zero-order valence-electron chi connectivity index (χ0n) is 15.5. The summed E-state index contributed by atoms with van der Waals surface area (Å²) in [5, 5.41) is 13.1. The van der Waals surface area contributed by atoms with E-state index in [1.54, 1.807) is 7.05 Å². The van der Waals surface area contributed by atoms with Crippen molar-refractivity contribution in [1.82, 2.24) is 15.1 Å². The summed E-state index contributed by atoms with van der Waals surface area (Å²) in [7, 11) is 1.65. The lowest BCUT2D eigenvalue weighted by Crippen LogP contribution is -2.49. The molecule has 0 radical (unpaired) electrons. The van der Waals surface area contributed by atoms with Gasteiger partial charge in [-0.25, -0.2) is 4.79 Å². The van der Waals surface area contributed by atoms with Crippen LogP contribution in [0.1, 0.15) is 49.3 Å². The molecule has 7 nitrogen and oxygen atoms in total. The summed E-state index contributed by atoms with van der Waals surface area (Å²) in [5.41, 5.74) is 1.11. The predicted molar refractivity (Wildman–Crippen MR) is 97.7 cm³/mol. The maximum absolute atomic E-state index is 13.0. The third kappa shape index (κ3) is 2.81. The molecule has 1 spiro atoms. The van der Waals surface area contributed by atoms with Crippen LogP contribution >= 0.6 is 0 Å². The van der Waals surface area contributed by atoms with E-state index in [-0.39, 0.29) is 12.5 Å². The molecule has 1 aliphatic heterocycles. The average Bonchev–Trinajstić information content (AvgIpc) is 3.07. The summed E-state index contributed by atoms with van der Waals surface area (Å²) >= 11 is 0. The number of imide groups is 1. The molecule has 1 aromatic carbocycles. The molecule has 1 saturated carbocycles. The molecular weight excluding hydrogens is 346 g/mol. The number of carbonyl (C=O) groups is 3. The molecule has 2 unspecified atom stereocenters. The highest BCUT2D eigenvalue weighted by atomic mass is 16.3. The Morgan fingerprint density at radius 3 is 2.67 bits per heavy atom. The Balaban J connectivity index is 1.47. The standard InChI is InChI=1S/C20H25N3O4/c1-22-19(27)23(18(26)20(22)9-5-2-6-10-20)12-16(25)21-17-14-8-4-3-7-13(14)11-15(17)24/h3-4,7-8,15,17,24H,2,5-6,9-12H2,1H3,(H,21,25). The van der Waals surface area contributed by atoms with Crippen LogP contribution in [0.3, 0.4) is 0 Å². The predicted octanol–water partition coefficient (Wildman–Crippen LogP) is 1.36. The summed E-state index contributed by atoms with van der Waals surface area (Å²) in [6.45, 7) is -0.310. The van der Waals surface area contributed by atoms with Gasteiger partial charge < -0.3 is 15.3 Å². The molecule has 0 aromatic heterocycles. The first-order valence-electron chi connectivity index (χ1n) is 9.59. The number of fused-ring (bicyclic) bond motifs is 1. The van der Waals surface area contributed by atoms with E-state index in [4.69, 9.17) is 0 Å². The molecule has 1 aromatic rings. The van der Waals surface area contributed by atoms with E-state index < -0.39 is 29.6 Å². The van der Waals surface area contributed by atoms with Gasteiger partial charge in [-0.2, -0.15) is 0 Å². The monoisotopic (exact) mass is 371 g/mol. The van der Waals surface area contributed by atoms with Crippen molar-refractivity contribution in [2.75, 3.05) is 13.6 Å². The van der Waals surface area contributed by atoms with E-state index in [9.17, 15) is 19.5 Å². The number of amides is 4. The minimum Gasteiger partial charge on any atom is -0.390 e. The Labute approximate surface area is 158 Å². The normalized spacial score (nSPS) is 26.6. The molecule has 2 atom stereocenters. The van der Waals surface area contributed by atoms with Gasteiger partial charge in [0.2, 0.25) is 5.91 Å². The zero-order valence-corrected chi connectivity index (χ0v) is 15.5. The van der Waals surface area contributed by atoms with Gasteiger partial charge in [0.15, 0.2) is 0 Å². The number of aliphatic hydroxyl groups excluding tert-OH is 1. The highest BCUT2D eigenvalue weighted by Gasteiger charge is 2.55. The van der Waals surface area contributed by atoms with Crippen LogP contribution in [-0.4, -0.2) is 58.0 Å². The Morgan fingerprint density at radius 1 is 1.22 bits per heavy atom. The highest BCUT2D eigenvalue weighted by molar-refractivity contribution is 6.09. The van der Waals surface area contributed by atoms with Crippen LogP contribution in [0.5, 0.6) is 0 Å².